The van der Waals surface area contributed by atoms with Crippen LogP contribution in [0.1, 0.15) is 45.5 Å². The van der Waals surface area contributed by atoms with Crippen molar-refractivity contribution in [3.05, 3.63) is 11.4 Å². The van der Waals surface area contributed by atoms with Gasteiger partial charge in [0.1, 0.15) is 17.5 Å². The first kappa shape index (κ1) is 16.7. The minimum absolute atomic E-state index is 0.145. The molecule has 1 rings (SSSR count). The van der Waals surface area contributed by atoms with Crippen LogP contribution >= 0.6 is 0 Å². The summed E-state index contributed by atoms with van der Waals surface area (Å²) in [6.07, 6.45) is 1.90. The van der Waals surface area contributed by atoms with Gasteiger partial charge in [-0.2, -0.15) is 0 Å². The van der Waals surface area contributed by atoms with Crippen molar-refractivity contribution >= 4 is 11.6 Å². The van der Waals surface area contributed by atoms with E-state index in [1.807, 2.05) is 20.8 Å². The fraction of sp³-hybridized carbons (Fsp3) is 0.733. The molecule has 5 heteroatoms. The van der Waals surface area contributed by atoms with Gasteiger partial charge in [0, 0.05) is 37.1 Å². The predicted octanol–water partition coefficient (Wildman–Crippen LogP) is 2.60. The van der Waals surface area contributed by atoms with Crippen LogP contribution in [-0.2, 0) is 6.42 Å². The molecule has 0 aliphatic rings. The number of aryl methyl sites for hydroxylation is 1. The smallest absolute Gasteiger partial charge is 0.134 e. The summed E-state index contributed by atoms with van der Waals surface area (Å²) in [4.78, 5) is 9.16. The number of aromatic nitrogens is 2. The van der Waals surface area contributed by atoms with Crippen LogP contribution in [0.5, 0.6) is 0 Å². The van der Waals surface area contributed by atoms with Gasteiger partial charge in [-0.15, -0.1) is 0 Å². The van der Waals surface area contributed by atoms with E-state index < -0.39 is 0 Å². The normalized spacial score (nSPS) is 11.5. The van der Waals surface area contributed by atoms with Crippen LogP contribution in [-0.4, -0.2) is 34.8 Å². The lowest BCUT2D eigenvalue weighted by molar-refractivity contribution is 0.170. The minimum atomic E-state index is -0.166. The average molecular weight is 280 g/mol. The topological polar surface area (TPSA) is 70.1 Å². The van der Waals surface area contributed by atoms with Crippen LogP contribution in [0.4, 0.5) is 11.6 Å². The third kappa shape index (κ3) is 4.63. The molecule has 0 radical (unpaired) electrons. The second kappa shape index (κ2) is 7.43. The molecule has 114 valence electrons. The van der Waals surface area contributed by atoms with Crippen molar-refractivity contribution in [2.45, 2.75) is 47.5 Å². The lowest BCUT2D eigenvalue weighted by Gasteiger charge is -2.23. The molecule has 0 fully saturated rings. The van der Waals surface area contributed by atoms with E-state index in [1.165, 1.54) is 0 Å². The van der Waals surface area contributed by atoms with Crippen molar-refractivity contribution < 1.29 is 5.11 Å². The zero-order valence-corrected chi connectivity index (χ0v) is 13.4. The van der Waals surface area contributed by atoms with Gasteiger partial charge < -0.3 is 15.7 Å². The molecule has 0 unspecified atom stereocenters. The molecule has 0 saturated carbocycles. The second-order valence-electron chi connectivity index (χ2n) is 5.92. The maximum atomic E-state index is 9.33. The molecule has 0 bridgehead atoms. The number of hydrogen-bond acceptors (Lipinski definition) is 5. The number of hydrogen-bond donors (Lipinski definition) is 3. The first-order chi connectivity index (χ1) is 9.43. The summed E-state index contributed by atoms with van der Waals surface area (Å²) in [6.45, 7) is 11.9. The van der Waals surface area contributed by atoms with E-state index in [0.29, 0.717) is 6.54 Å². The molecule has 20 heavy (non-hydrogen) atoms. The molecule has 0 atom stereocenters. The van der Waals surface area contributed by atoms with Gasteiger partial charge in [0.05, 0.1) is 0 Å². The third-order valence-corrected chi connectivity index (χ3v) is 3.17. The number of rotatable bonds is 8. The van der Waals surface area contributed by atoms with E-state index in [0.717, 1.165) is 42.4 Å². The van der Waals surface area contributed by atoms with Crippen LogP contribution in [0.2, 0.25) is 0 Å². The molecule has 1 aromatic rings. The fourth-order valence-corrected chi connectivity index (χ4v) is 1.79. The second-order valence-corrected chi connectivity index (χ2v) is 5.92. The van der Waals surface area contributed by atoms with Crippen molar-refractivity contribution in [3.63, 3.8) is 0 Å². The number of aliphatic hydroxyl groups is 1. The number of nitrogens with one attached hydrogen (secondary N) is 2. The maximum Gasteiger partial charge on any atom is 0.134 e. The molecule has 0 spiro atoms. The van der Waals surface area contributed by atoms with Crippen LogP contribution in [0, 0.1) is 12.3 Å². The van der Waals surface area contributed by atoms with Crippen molar-refractivity contribution in [1.29, 1.82) is 0 Å². The van der Waals surface area contributed by atoms with Crippen LogP contribution in [0.25, 0.3) is 0 Å². The molecule has 0 aliphatic carbocycles. The van der Waals surface area contributed by atoms with Crippen LogP contribution in [0.15, 0.2) is 0 Å². The zero-order valence-electron chi connectivity index (χ0n) is 13.4. The van der Waals surface area contributed by atoms with Gasteiger partial charge in [-0.1, -0.05) is 20.8 Å². The van der Waals surface area contributed by atoms with Crippen molar-refractivity contribution in [2.24, 2.45) is 5.41 Å². The van der Waals surface area contributed by atoms with E-state index in [1.54, 1.807) is 0 Å². The molecular weight excluding hydrogens is 252 g/mol. The van der Waals surface area contributed by atoms with E-state index in [-0.39, 0.29) is 12.0 Å². The van der Waals surface area contributed by atoms with E-state index >= 15 is 0 Å². The summed E-state index contributed by atoms with van der Waals surface area (Å²) in [5.74, 6) is 2.62. The SMILES string of the molecule is CCCc1nc(NCC)c(C)c(NCC(C)(C)CO)n1. The number of anilines is 2. The Kier molecular flexibility index (Phi) is 6.20. The van der Waals surface area contributed by atoms with Crippen molar-refractivity contribution in [1.82, 2.24) is 9.97 Å². The van der Waals surface area contributed by atoms with Gasteiger partial charge in [-0.3, -0.25) is 0 Å². The van der Waals surface area contributed by atoms with E-state index in [2.05, 4.69) is 34.4 Å². The molecule has 0 amide bonds. The van der Waals surface area contributed by atoms with Gasteiger partial charge in [0.25, 0.3) is 0 Å². The Hall–Kier alpha value is -1.36. The molecule has 1 aromatic heterocycles. The summed E-state index contributed by atoms with van der Waals surface area (Å²) in [5, 5.41) is 16.0. The van der Waals surface area contributed by atoms with E-state index in [9.17, 15) is 5.11 Å². The fourth-order valence-electron chi connectivity index (χ4n) is 1.79. The monoisotopic (exact) mass is 280 g/mol. The first-order valence-electron chi connectivity index (χ1n) is 7.39. The Balaban J connectivity index is 2.97. The Morgan fingerprint density at radius 3 is 2.20 bits per heavy atom. The Bertz CT molecular complexity index is 432. The van der Waals surface area contributed by atoms with Crippen LogP contribution < -0.4 is 10.6 Å². The molecule has 0 aliphatic heterocycles. The summed E-state index contributed by atoms with van der Waals surface area (Å²) < 4.78 is 0. The molecule has 0 saturated heterocycles. The highest BCUT2D eigenvalue weighted by molar-refractivity contribution is 5.57. The highest BCUT2D eigenvalue weighted by atomic mass is 16.3. The minimum Gasteiger partial charge on any atom is -0.396 e. The molecule has 1 heterocycles. The molecule has 0 aromatic carbocycles. The lowest BCUT2D eigenvalue weighted by atomic mass is 9.95. The van der Waals surface area contributed by atoms with E-state index in [4.69, 9.17) is 0 Å². The summed E-state index contributed by atoms with van der Waals surface area (Å²) >= 11 is 0. The Labute approximate surface area is 122 Å². The Morgan fingerprint density at radius 2 is 1.70 bits per heavy atom. The summed E-state index contributed by atoms with van der Waals surface area (Å²) in [5.41, 5.74) is 0.862. The molecule has 5 nitrogen and oxygen atoms in total. The van der Waals surface area contributed by atoms with Gasteiger partial charge in [-0.05, 0) is 20.3 Å². The van der Waals surface area contributed by atoms with Gasteiger partial charge in [0.15, 0.2) is 0 Å². The highest BCUT2D eigenvalue weighted by Crippen LogP contribution is 2.22. The zero-order chi connectivity index (χ0) is 15.2. The molecule has 3 N–H and O–H groups in total. The predicted molar refractivity (Wildman–Crippen MR) is 84.3 cm³/mol. The standard InChI is InChI=1S/C15H28N4O/c1-6-8-12-18-13(16-7-2)11(3)14(19-12)17-9-15(4,5)10-20/h20H,6-10H2,1-5H3,(H2,16,17,18,19). The maximum absolute atomic E-state index is 9.33. The largest absolute Gasteiger partial charge is 0.396 e. The molecular formula is C15H28N4O. The lowest BCUT2D eigenvalue weighted by Crippen LogP contribution is -2.27. The summed E-state index contributed by atoms with van der Waals surface area (Å²) in [7, 11) is 0. The Morgan fingerprint density at radius 1 is 1.10 bits per heavy atom. The van der Waals surface area contributed by atoms with Crippen LogP contribution in [0.3, 0.4) is 0 Å². The quantitative estimate of drug-likeness (QED) is 0.683. The first-order valence-corrected chi connectivity index (χ1v) is 7.39. The van der Waals surface area contributed by atoms with Gasteiger partial charge in [0.2, 0.25) is 0 Å². The number of nitrogens with zero attached hydrogens (tertiary/aromatic N) is 2. The van der Waals surface area contributed by atoms with Crippen molar-refractivity contribution in [2.75, 3.05) is 30.3 Å². The number of aliphatic hydroxyl groups excluding tert-OH is 1. The van der Waals surface area contributed by atoms with Gasteiger partial charge in [-0.25, -0.2) is 9.97 Å². The van der Waals surface area contributed by atoms with Gasteiger partial charge >= 0.3 is 0 Å². The average Bonchev–Trinajstić information content (AvgIpc) is 2.41. The highest BCUT2D eigenvalue weighted by Gasteiger charge is 2.18. The van der Waals surface area contributed by atoms with Crippen molar-refractivity contribution in [3.8, 4) is 0 Å². The third-order valence-electron chi connectivity index (χ3n) is 3.17. The summed E-state index contributed by atoms with van der Waals surface area (Å²) in [6, 6.07) is 0.